The summed E-state index contributed by atoms with van der Waals surface area (Å²) in [6.07, 6.45) is 0. The van der Waals surface area contributed by atoms with Gasteiger partial charge >= 0.3 is 5.97 Å². The van der Waals surface area contributed by atoms with E-state index in [0.29, 0.717) is 6.54 Å². The smallest absolute Gasteiger partial charge is 0.319 e. The molecule has 54 valence electrons. The largest absolute Gasteiger partial charge is 0.468 e. The third-order valence-electron chi connectivity index (χ3n) is 0.786. The molecule has 0 aromatic heterocycles. The summed E-state index contributed by atoms with van der Waals surface area (Å²) in [5.74, 6) is -0.316. The Morgan fingerprint density at radius 2 is 2.44 bits per heavy atom. The molecule has 0 aliphatic rings. The maximum atomic E-state index is 10.3. The number of carbonyl (C=O) groups excluding carboxylic acids is 1. The standard InChI is InChI=1S/C5H11NO3/c1-9-5(8)4-6-2-3-7/h6-7H,2-4H2,1H3. The first kappa shape index (κ1) is 8.39. The molecule has 0 atom stereocenters. The van der Waals surface area contributed by atoms with E-state index in [4.69, 9.17) is 5.11 Å². The molecule has 0 aliphatic heterocycles. The van der Waals surface area contributed by atoms with Crippen molar-refractivity contribution in [3.05, 3.63) is 0 Å². The molecule has 9 heavy (non-hydrogen) atoms. The van der Waals surface area contributed by atoms with E-state index >= 15 is 0 Å². The lowest BCUT2D eigenvalue weighted by molar-refractivity contribution is -0.139. The molecular formula is C5H11NO3. The zero-order chi connectivity index (χ0) is 7.11. The fourth-order valence-corrected chi connectivity index (χ4v) is 0.342. The summed E-state index contributed by atoms with van der Waals surface area (Å²) in [7, 11) is 1.32. The van der Waals surface area contributed by atoms with Gasteiger partial charge in [-0.2, -0.15) is 0 Å². The number of methoxy groups -OCH3 is 1. The van der Waals surface area contributed by atoms with Crippen LogP contribution in [-0.4, -0.2) is 37.9 Å². The Labute approximate surface area is 53.8 Å². The fourth-order valence-electron chi connectivity index (χ4n) is 0.342. The Bertz CT molecular complexity index is 84.3. The number of hydrogen-bond donors (Lipinski definition) is 2. The fraction of sp³-hybridized carbons (Fsp3) is 0.800. The maximum absolute atomic E-state index is 10.3. The average Bonchev–Trinajstić information content (AvgIpc) is 1.89. The van der Waals surface area contributed by atoms with Gasteiger partial charge in [0.25, 0.3) is 0 Å². The molecule has 0 unspecified atom stereocenters. The highest BCUT2D eigenvalue weighted by atomic mass is 16.5. The molecule has 2 N–H and O–H groups in total. The van der Waals surface area contributed by atoms with Crippen LogP contribution in [0.1, 0.15) is 0 Å². The topological polar surface area (TPSA) is 58.6 Å². The molecule has 0 spiro atoms. The van der Waals surface area contributed by atoms with Crippen molar-refractivity contribution in [3.63, 3.8) is 0 Å². The third kappa shape index (κ3) is 5.26. The first-order valence-electron chi connectivity index (χ1n) is 2.69. The summed E-state index contributed by atoms with van der Waals surface area (Å²) in [6, 6.07) is 0. The van der Waals surface area contributed by atoms with Crippen molar-refractivity contribution < 1.29 is 14.6 Å². The Hall–Kier alpha value is -0.610. The molecule has 4 nitrogen and oxygen atoms in total. The van der Waals surface area contributed by atoms with E-state index in [1.54, 1.807) is 0 Å². The predicted molar refractivity (Wildman–Crippen MR) is 32.0 cm³/mol. The molecule has 0 saturated carbocycles. The highest BCUT2D eigenvalue weighted by Gasteiger charge is 1.95. The van der Waals surface area contributed by atoms with Gasteiger partial charge in [-0.3, -0.25) is 4.79 Å². The second-order valence-corrected chi connectivity index (χ2v) is 1.48. The number of aliphatic hydroxyl groups is 1. The Morgan fingerprint density at radius 1 is 1.78 bits per heavy atom. The zero-order valence-corrected chi connectivity index (χ0v) is 5.39. The predicted octanol–water partition coefficient (Wildman–Crippen LogP) is -1.26. The minimum atomic E-state index is -0.316. The minimum absolute atomic E-state index is 0.0387. The quantitative estimate of drug-likeness (QED) is 0.371. The summed E-state index contributed by atoms with van der Waals surface area (Å²) < 4.78 is 4.31. The summed E-state index contributed by atoms with van der Waals surface area (Å²) in [6.45, 7) is 0.628. The number of ether oxygens (including phenoxy) is 1. The molecule has 0 heterocycles. The second-order valence-electron chi connectivity index (χ2n) is 1.48. The highest BCUT2D eigenvalue weighted by Crippen LogP contribution is 1.67. The van der Waals surface area contributed by atoms with Crippen molar-refractivity contribution in [1.29, 1.82) is 0 Å². The summed E-state index contributed by atoms with van der Waals surface area (Å²) >= 11 is 0. The summed E-state index contributed by atoms with van der Waals surface area (Å²) in [5.41, 5.74) is 0. The number of hydrogen-bond acceptors (Lipinski definition) is 4. The van der Waals surface area contributed by atoms with Crippen molar-refractivity contribution in [3.8, 4) is 0 Å². The van der Waals surface area contributed by atoms with Crippen LogP contribution in [0, 0.1) is 0 Å². The van der Waals surface area contributed by atoms with Crippen LogP contribution in [0.15, 0.2) is 0 Å². The molecule has 4 heteroatoms. The molecule has 0 aromatic rings. The molecule has 0 bridgehead atoms. The van der Waals surface area contributed by atoms with Gasteiger partial charge < -0.3 is 15.2 Å². The van der Waals surface area contributed by atoms with Crippen LogP contribution >= 0.6 is 0 Å². The van der Waals surface area contributed by atoms with Gasteiger partial charge in [0.1, 0.15) is 0 Å². The minimum Gasteiger partial charge on any atom is -0.468 e. The van der Waals surface area contributed by atoms with Crippen molar-refractivity contribution in [2.24, 2.45) is 0 Å². The molecule has 0 radical (unpaired) electrons. The van der Waals surface area contributed by atoms with Gasteiger partial charge in [-0.05, 0) is 0 Å². The van der Waals surface area contributed by atoms with Gasteiger partial charge in [0.15, 0.2) is 0 Å². The third-order valence-corrected chi connectivity index (χ3v) is 0.786. The van der Waals surface area contributed by atoms with E-state index < -0.39 is 0 Å². The van der Waals surface area contributed by atoms with Crippen LogP contribution in [0.2, 0.25) is 0 Å². The van der Waals surface area contributed by atoms with E-state index in [2.05, 4.69) is 10.1 Å². The van der Waals surface area contributed by atoms with Crippen molar-refractivity contribution >= 4 is 5.97 Å². The van der Waals surface area contributed by atoms with Gasteiger partial charge in [0.2, 0.25) is 0 Å². The SMILES string of the molecule is COC(=O)CNCCO. The lowest BCUT2D eigenvalue weighted by atomic mass is 10.6. The molecule has 0 fully saturated rings. The maximum Gasteiger partial charge on any atom is 0.319 e. The summed E-state index contributed by atoms with van der Waals surface area (Å²) in [5, 5.41) is 10.9. The molecule has 0 amide bonds. The molecule has 0 rings (SSSR count). The van der Waals surface area contributed by atoms with E-state index in [-0.39, 0.29) is 19.1 Å². The van der Waals surface area contributed by atoms with E-state index in [1.807, 2.05) is 0 Å². The van der Waals surface area contributed by atoms with Gasteiger partial charge in [0, 0.05) is 6.54 Å². The van der Waals surface area contributed by atoms with Gasteiger partial charge in [0.05, 0.1) is 20.3 Å². The van der Waals surface area contributed by atoms with E-state index in [0.717, 1.165) is 0 Å². The average molecular weight is 133 g/mol. The van der Waals surface area contributed by atoms with Crippen molar-refractivity contribution in [2.75, 3.05) is 26.8 Å². The van der Waals surface area contributed by atoms with Crippen LogP contribution in [0.3, 0.4) is 0 Å². The normalized spacial score (nSPS) is 9.11. The molecular weight excluding hydrogens is 122 g/mol. The van der Waals surface area contributed by atoms with Crippen LogP contribution in [0.4, 0.5) is 0 Å². The first-order chi connectivity index (χ1) is 4.31. The molecule has 0 aliphatic carbocycles. The molecule has 0 saturated heterocycles. The second kappa shape index (κ2) is 5.53. The Kier molecular flexibility index (Phi) is 5.15. The Balaban J connectivity index is 2.97. The van der Waals surface area contributed by atoms with E-state index in [1.165, 1.54) is 7.11 Å². The van der Waals surface area contributed by atoms with Crippen LogP contribution in [0.5, 0.6) is 0 Å². The van der Waals surface area contributed by atoms with Gasteiger partial charge in [-0.15, -0.1) is 0 Å². The van der Waals surface area contributed by atoms with Crippen molar-refractivity contribution in [2.45, 2.75) is 0 Å². The van der Waals surface area contributed by atoms with E-state index in [9.17, 15) is 4.79 Å². The van der Waals surface area contributed by atoms with Crippen LogP contribution < -0.4 is 5.32 Å². The highest BCUT2D eigenvalue weighted by molar-refractivity contribution is 5.71. The monoisotopic (exact) mass is 133 g/mol. The first-order valence-corrected chi connectivity index (χ1v) is 2.69. The van der Waals surface area contributed by atoms with Gasteiger partial charge in [-0.25, -0.2) is 0 Å². The lowest BCUT2D eigenvalue weighted by Gasteiger charge is -1.98. The lowest BCUT2D eigenvalue weighted by Crippen LogP contribution is -2.26. The van der Waals surface area contributed by atoms with Gasteiger partial charge in [-0.1, -0.05) is 0 Å². The number of carbonyl (C=O) groups is 1. The van der Waals surface area contributed by atoms with Crippen LogP contribution in [0.25, 0.3) is 0 Å². The van der Waals surface area contributed by atoms with Crippen molar-refractivity contribution in [1.82, 2.24) is 5.32 Å². The van der Waals surface area contributed by atoms with Crippen LogP contribution in [-0.2, 0) is 9.53 Å². The zero-order valence-electron chi connectivity index (χ0n) is 5.39. The number of aliphatic hydroxyl groups excluding tert-OH is 1. The number of nitrogens with one attached hydrogen (secondary N) is 1. The summed E-state index contributed by atoms with van der Waals surface area (Å²) in [4.78, 5) is 10.3. The number of esters is 1. The number of rotatable bonds is 4. The Morgan fingerprint density at radius 3 is 2.89 bits per heavy atom. The molecule has 0 aromatic carbocycles.